The van der Waals surface area contributed by atoms with Crippen molar-refractivity contribution < 1.29 is 14.3 Å². The Hall–Kier alpha value is -2.62. The van der Waals surface area contributed by atoms with Crippen LogP contribution in [0.1, 0.15) is 50.5 Å². The number of Topliss-reactive ketones (excluding diaryl/α,β-unsaturated/α-hetero) is 1. The number of nitrogens with one attached hydrogen (secondary N) is 1. The summed E-state index contributed by atoms with van der Waals surface area (Å²) in [6.45, 7) is 9.62. The Labute approximate surface area is 149 Å². The minimum Gasteiger partial charge on any atom is -0.481 e. The van der Waals surface area contributed by atoms with Crippen LogP contribution in [-0.2, 0) is 10.2 Å². The maximum Gasteiger partial charge on any atom is 0.265 e. The van der Waals surface area contributed by atoms with E-state index in [0.717, 1.165) is 5.56 Å². The van der Waals surface area contributed by atoms with Crippen molar-refractivity contribution in [3.63, 3.8) is 0 Å². The summed E-state index contributed by atoms with van der Waals surface area (Å²) in [7, 11) is 0. The number of carbonyl (C=O) groups excluding carboxylic acids is 2. The number of anilines is 1. The summed E-state index contributed by atoms with van der Waals surface area (Å²) in [6.07, 6.45) is -0.636. The smallest absolute Gasteiger partial charge is 0.265 e. The van der Waals surface area contributed by atoms with Gasteiger partial charge in [0.15, 0.2) is 11.9 Å². The van der Waals surface area contributed by atoms with Gasteiger partial charge in [0.25, 0.3) is 5.91 Å². The minimum absolute atomic E-state index is 0.00620. The van der Waals surface area contributed by atoms with Gasteiger partial charge in [0, 0.05) is 11.3 Å². The second-order valence-corrected chi connectivity index (χ2v) is 7.16. The summed E-state index contributed by atoms with van der Waals surface area (Å²) in [4.78, 5) is 23.6. The fraction of sp³-hybridized carbons (Fsp3) is 0.333. The quantitative estimate of drug-likeness (QED) is 0.810. The number of carbonyl (C=O) groups is 2. The maximum absolute atomic E-state index is 12.3. The highest BCUT2D eigenvalue weighted by Gasteiger charge is 2.18. The molecule has 0 heterocycles. The van der Waals surface area contributed by atoms with Gasteiger partial charge in [0.1, 0.15) is 5.75 Å². The van der Waals surface area contributed by atoms with Gasteiger partial charge >= 0.3 is 0 Å². The van der Waals surface area contributed by atoms with E-state index in [0.29, 0.717) is 17.0 Å². The first kappa shape index (κ1) is 18.7. The lowest BCUT2D eigenvalue weighted by Crippen LogP contribution is -2.30. The number of rotatable bonds is 5. The molecule has 1 amide bonds. The lowest BCUT2D eigenvalue weighted by Gasteiger charge is -2.21. The Morgan fingerprint density at radius 3 is 2.24 bits per heavy atom. The van der Waals surface area contributed by atoms with Crippen molar-refractivity contribution >= 4 is 17.4 Å². The van der Waals surface area contributed by atoms with Crippen LogP contribution in [0.25, 0.3) is 0 Å². The molecule has 0 radical (unpaired) electrons. The van der Waals surface area contributed by atoms with Crippen LogP contribution >= 0.6 is 0 Å². The van der Waals surface area contributed by atoms with Crippen LogP contribution in [0.5, 0.6) is 5.75 Å². The molecule has 0 aromatic heterocycles. The number of hydrogen-bond acceptors (Lipinski definition) is 3. The van der Waals surface area contributed by atoms with Gasteiger partial charge in [-0.3, -0.25) is 9.59 Å². The molecule has 0 aliphatic rings. The van der Waals surface area contributed by atoms with Crippen LogP contribution in [0.4, 0.5) is 5.69 Å². The standard InChI is InChI=1S/C21H25NO3/c1-14(23)16-9-11-18(12-10-16)22-20(24)15(2)25-19-8-6-7-17(13-19)21(3,4)5/h6-13,15H,1-5H3,(H,22,24). The van der Waals surface area contributed by atoms with E-state index in [-0.39, 0.29) is 17.1 Å². The summed E-state index contributed by atoms with van der Waals surface area (Å²) >= 11 is 0. The normalized spacial score (nSPS) is 12.4. The molecule has 1 unspecified atom stereocenters. The second kappa shape index (κ2) is 7.51. The molecule has 4 nitrogen and oxygen atoms in total. The number of ether oxygens (including phenoxy) is 1. The summed E-state index contributed by atoms with van der Waals surface area (Å²) in [5, 5.41) is 2.80. The molecule has 2 aromatic rings. The molecule has 1 atom stereocenters. The zero-order valence-corrected chi connectivity index (χ0v) is 15.4. The van der Waals surface area contributed by atoms with Crippen LogP contribution in [0.3, 0.4) is 0 Å². The molecule has 0 spiro atoms. The largest absolute Gasteiger partial charge is 0.481 e. The molecule has 4 heteroatoms. The molecule has 132 valence electrons. The highest BCUT2D eigenvalue weighted by molar-refractivity contribution is 5.96. The summed E-state index contributed by atoms with van der Waals surface area (Å²) in [6, 6.07) is 14.6. The van der Waals surface area contributed by atoms with Crippen molar-refractivity contribution in [1.82, 2.24) is 0 Å². The molecular formula is C21H25NO3. The van der Waals surface area contributed by atoms with Gasteiger partial charge < -0.3 is 10.1 Å². The van der Waals surface area contributed by atoms with Gasteiger partial charge in [0.2, 0.25) is 0 Å². The SMILES string of the molecule is CC(=O)c1ccc(NC(=O)C(C)Oc2cccc(C(C)(C)C)c2)cc1. The van der Waals surface area contributed by atoms with E-state index in [1.807, 2.05) is 24.3 Å². The number of benzene rings is 2. The van der Waals surface area contributed by atoms with Crippen molar-refractivity contribution in [2.75, 3.05) is 5.32 Å². The average molecular weight is 339 g/mol. The maximum atomic E-state index is 12.3. The van der Waals surface area contributed by atoms with Gasteiger partial charge in [-0.25, -0.2) is 0 Å². The van der Waals surface area contributed by atoms with Crippen molar-refractivity contribution in [3.8, 4) is 5.75 Å². The van der Waals surface area contributed by atoms with E-state index >= 15 is 0 Å². The molecule has 0 saturated carbocycles. The highest BCUT2D eigenvalue weighted by Crippen LogP contribution is 2.26. The summed E-state index contributed by atoms with van der Waals surface area (Å²) < 4.78 is 5.78. The van der Waals surface area contributed by atoms with Crippen LogP contribution in [0.15, 0.2) is 48.5 Å². The zero-order chi connectivity index (χ0) is 18.6. The van der Waals surface area contributed by atoms with E-state index in [1.54, 1.807) is 31.2 Å². The van der Waals surface area contributed by atoms with Gasteiger partial charge in [-0.15, -0.1) is 0 Å². The third-order valence-electron chi connectivity index (χ3n) is 3.94. The number of hydrogen-bond donors (Lipinski definition) is 1. The molecular weight excluding hydrogens is 314 g/mol. The van der Waals surface area contributed by atoms with Crippen molar-refractivity contribution in [2.45, 2.75) is 46.1 Å². The molecule has 0 saturated heterocycles. The predicted molar refractivity (Wildman–Crippen MR) is 100 cm³/mol. The van der Waals surface area contributed by atoms with E-state index < -0.39 is 6.10 Å². The van der Waals surface area contributed by atoms with Crippen LogP contribution in [0, 0.1) is 0 Å². The fourth-order valence-corrected chi connectivity index (χ4v) is 2.33. The highest BCUT2D eigenvalue weighted by atomic mass is 16.5. The lowest BCUT2D eigenvalue weighted by molar-refractivity contribution is -0.122. The lowest BCUT2D eigenvalue weighted by atomic mass is 9.87. The zero-order valence-electron chi connectivity index (χ0n) is 15.4. The van der Waals surface area contributed by atoms with Crippen molar-refractivity contribution in [1.29, 1.82) is 0 Å². The molecule has 0 aliphatic heterocycles. The second-order valence-electron chi connectivity index (χ2n) is 7.16. The third-order valence-corrected chi connectivity index (χ3v) is 3.94. The van der Waals surface area contributed by atoms with Crippen LogP contribution < -0.4 is 10.1 Å². The van der Waals surface area contributed by atoms with Gasteiger partial charge in [-0.2, -0.15) is 0 Å². The van der Waals surface area contributed by atoms with E-state index in [9.17, 15) is 9.59 Å². The number of ketones is 1. The Bertz CT molecular complexity index is 757. The molecule has 2 aromatic carbocycles. The first-order valence-electron chi connectivity index (χ1n) is 8.36. The van der Waals surface area contributed by atoms with Gasteiger partial charge in [0.05, 0.1) is 0 Å². The molecule has 1 N–H and O–H groups in total. The Morgan fingerprint density at radius 1 is 1.04 bits per heavy atom. The van der Waals surface area contributed by atoms with E-state index in [4.69, 9.17) is 4.74 Å². The van der Waals surface area contributed by atoms with E-state index in [1.165, 1.54) is 6.92 Å². The first-order valence-corrected chi connectivity index (χ1v) is 8.36. The molecule has 0 aliphatic carbocycles. The molecule has 2 rings (SSSR count). The van der Waals surface area contributed by atoms with Crippen LogP contribution in [0.2, 0.25) is 0 Å². The molecule has 0 bridgehead atoms. The summed E-state index contributed by atoms with van der Waals surface area (Å²) in [5.41, 5.74) is 2.41. The fourth-order valence-electron chi connectivity index (χ4n) is 2.33. The topological polar surface area (TPSA) is 55.4 Å². The molecule has 0 fully saturated rings. The Balaban J connectivity index is 2.02. The predicted octanol–water partition coefficient (Wildman–Crippen LogP) is 4.59. The average Bonchev–Trinajstić information content (AvgIpc) is 2.54. The van der Waals surface area contributed by atoms with Crippen molar-refractivity contribution in [3.05, 3.63) is 59.7 Å². The van der Waals surface area contributed by atoms with Crippen molar-refractivity contribution in [2.24, 2.45) is 0 Å². The van der Waals surface area contributed by atoms with Crippen LogP contribution in [-0.4, -0.2) is 17.8 Å². The first-order chi connectivity index (χ1) is 11.7. The Morgan fingerprint density at radius 2 is 1.68 bits per heavy atom. The van der Waals surface area contributed by atoms with Gasteiger partial charge in [-0.1, -0.05) is 32.9 Å². The summed E-state index contributed by atoms with van der Waals surface area (Å²) in [5.74, 6) is 0.423. The van der Waals surface area contributed by atoms with Gasteiger partial charge in [-0.05, 0) is 61.2 Å². The minimum atomic E-state index is -0.636. The Kier molecular flexibility index (Phi) is 5.62. The number of amides is 1. The van der Waals surface area contributed by atoms with E-state index in [2.05, 4.69) is 26.1 Å². The third kappa shape index (κ3) is 5.18. The molecule has 25 heavy (non-hydrogen) atoms. The monoisotopic (exact) mass is 339 g/mol.